The standard InChI is InChI=1S/C82H127N15O22/c1-12-48(6)67(76(111)95-69(50(8)100)78(113)90-57(40-47(4)5)72(107)92-60(80(116)117)42-52-44-85-54-30-23-22-29-53(52)54)93-70(105)55(34-35-63(83)101)87-75(110)62-31-26-38-97(62)66(104)33-21-14-16-25-37-96(81(118)119-82(9,10)11)36-24-15-13-20-32-65(103)86-61(45-98)74(109)94-68(49(7)99)77(112)89-56(39-46(2)3)71(106)88-58(43-64(84)102)73(108)91-59(79(114)115)41-51-27-18-17-19-28-51/h17-19,22-23,27-30,44,46-50,55-62,67-69,85,98-100H,12-16,20-21,24-26,31-43,45H2,1-11H3,(H2,83,101)(H2,84,102)(H,86,103)(H,87,110)(H,88,106)(H,89,112)(H,90,113)(H,91,108)(H,92,107)(H,93,105)(H,94,109)(H,95,111)(H,114,115)(H,116,117)/t48-,49+,50+,55-,56-,57-,58-,59-,60-,61-,62-,67-,68-,69-/m0/s1. The summed E-state index contributed by atoms with van der Waals surface area (Å²) >= 11 is 0. The number of aliphatic hydroxyl groups excluding tert-OH is 3. The number of likely N-dealkylation sites (tertiary alicyclic amines) is 1. The molecule has 1 aliphatic rings. The number of H-pyrrole nitrogens is 1. The topological polar surface area (TPSA) is 578 Å². The van der Waals surface area contributed by atoms with E-state index >= 15 is 0 Å². The van der Waals surface area contributed by atoms with Crippen molar-refractivity contribution in [3.05, 3.63) is 71.9 Å². The summed E-state index contributed by atoms with van der Waals surface area (Å²) in [6, 6.07) is -0.655. The lowest BCUT2D eigenvalue weighted by Crippen LogP contribution is -2.62. The molecular formula is C82H127N15O22. The molecule has 662 valence electrons. The fourth-order valence-corrected chi connectivity index (χ4v) is 13.5. The van der Waals surface area contributed by atoms with Crippen molar-refractivity contribution in [2.45, 2.75) is 289 Å². The molecule has 2 heterocycles. The van der Waals surface area contributed by atoms with Crippen LogP contribution in [0.3, 0.4) is 0 Å². The number of hydrogen-bond donors (Lipinski definition) is 18. The Morgan fingerprint density at radius 3 is 1.51 bits per heavy atom. The third-order valence-corrected chi connectivity index (χ3v) is 20.1. The molecule has 1 saturated heterocycles. The molecular weight excluding hydrogens is 1550 g/mol. The summed E-state index contributed by atoms with van der Waals surface area (Å²) in [5, 5.41) is 77.4. The lowest BCUT2D eigenvalue weighted by Gasteiger charge is -2.30. The molecule has 3 aromatic rings. The number of nitrogens with two attached hydrogens (primary N) is 2. The highest BCUT2D eigenvalue weighted by atomic mass is 16.6. The molecule has 1 aliphatic heterocycles. The molecule has 0 unspecified atom stereocenters. The Morgan fingerprint density at radius 1 is 0.529 bits per heavy atom. The zero-order valence-electron chi connectivity index (χ0n) is 70.2. The van der Waals surface area contributed by atoms with Crippen LogP contribution in [0.4, 0.5) is 4.79 Å². The maximum Gasteiger partial charge on any atom is 0.410 e. The Hall–Kier alpha value is -10.8. The fourth-order valence-electron chi connectivity index (χ4n) is 13.5. The summed E-state index contributed by atoms with van der Waals surface area (Å²) in [5.74, 6) is -15.1. The molecule has 0 saturated carbocycles. The van der Waals surface area contributed by atoms with Crippen LogP contribution in [-0.4, -0.2) is 246 Å². The number of carboxylic acids is 2. The van der Waals surface area contributed by atoms with Crippen molar-refractivity contribution in [3.8, 4) is 0 Å². The minimum absolute atomic E-state index is 0.0337. The molecule has 0 radical (unpaired) electrons. The van der Waals surface area contributed by atoms with Gasteiger partial charge in [-0.2, -0.15) is 0 Å². The number of carbonyl (C=O) groups excluding carboxylic acids is 14. The lowest BCUT2D eigenvalue weighted by molar-refractivity contribution is -0.143. The number of aliphatic carboxylic acids is 2. The molecule has 2 aromatic carbocycles. The molecule has 14 atom stereocenters. The van der Waals surface area contributed by atoms with Gasteiger partial charge in [0.15, 0.2) is 0 Å². The van der Waals surface area contributed by atoms with Gasteiger partial charge >= 0.3 is 18.0 Å². The number of aliphatic hydroxyl groups is 3. The van der Waals surface area contributed by atoms with Crippen molar-refractivity contribution in [2.75, 3.05) is 26.2 Å². The molecule has 1 fully saturated rings. The van der Waals surface area contributed by atoms with Gasteiger partial charge in [0.05, 0.1) is 25.2 Å². The Bertz CT molecular complexity index is 3900. The van der Waals surface area contributed by atoms with E-state index in [2.05, 4.69) is 58.2 Å². The van der Waals surface area contributed by atoms with E-state index in [0.29, 0.717) is 88.4 Å². The first kappa shape index (κ1) is 101. The average Bonchev–Trinajstić information content (AvgIpc) is 1.73. The average molecular weight is 1680 g/mol. The highest BCUT2D eigenvalue weighted by Gasteiger charge is 2.41. The van der Waals surface area contributed by atoms with E-state index < -0.39 is 192 Å². The molecule has 119 heavy (non-hydrogen) atoms. The molecule has 4 rings (SSSR count). The van der Waals surface area contributed by atoms with Crippen LogP contribution in [0.5, 0.6) is 0 Å². The van der Waals surface area contributed by atoms with Gasteiger partial charge in [-0.3, -0.25) is 62.3 Å². The predicted octanol–water partition coefficient (Wildman–Crippen LogP) is 1.13. The number of fused-ring (bicyclic) bond motifs is 1. The first-order chi connectivity index (χ1) is 56.0. The van der Waals surface area contributed by atoms with Gasteiger partial charge in [0.2, 0.25) is 76.8 Å². The summed E-state index contributed by atoms with van der Waals surface area (Å²) in [7, 11) is 0. The van der Waals surface area contributed by atoms with Crippen molar-refractivity contribution < 1.29 is 107 Å². The van der Waals surface area contributed by atoms with Crippen LogP contribution in [0.1, 0.15) is 203 Å². The number of aromatic amines is 1. The largest absolute Gasteiger partial charge is 0.480 e. The second kappa shape index (κ2) is 50.2. The second-order valence-electron chi connectivity index (χ2n) is 32.4. The molecule has 20 N–H and O–H groups in total. The van der Waals surface area contributed by atoms with Gasteiger partial charge in [0.1, 0.15) is 72.1 Å². The van der Waals surface area contributed by atoms with E-state index in [0.717, 1.165) is 10.9 Å². The van der Waals surface area contributed by atoms with E-state index in [1.54, 1.807) is 116 Å². The number of nitrogens with zero attached hydrogens (tertiary/aromatic N) is 2. The van der Waals surface area contributed by atoms with Crippen LogP contribution in [0.15, 0.2) is 60.8 Å². The Kier molecular flexibility index (Phi) is 42.4. The quantitative estimate of drug-likeness (QED) is 0.0352. The van der Waals surface area contributed by atoms with Gasteiger partial charge in [0.25, 0.3) is 0 Å². The molecule has 37 nitrogen and oxygen atoms in total. The number of hydrogen-bond acceptors (Lipinski definition) is 20. The van der Waals surface area contributed by atoms with Crippen molar-refractivity contribution in [1.82, 2.24) is 68.0 Å². The smallest absolute Gasteiger partial charge is 0.410 e. The number of carbonyl (C=O) groups is 16. The number of unbranched alkanes of at least 4 members (excludes halogenated alkanes) is 6. The first-order valence-corrected chi connectivity index (χ1v) is 40.9. The van der Waals surface area contributed by atoms with Crippen LogP contribution in [0.2, 0.25) is 0 Å². The molecule has 14 amide bonds. The molecule has 37 heteroatoms. The summed E-state index contributed by atoms with van der Waals surface area (Å²) in [5.41, 5.74) is 12.0. The Balaban J connectivity index is 1.28. The van der Waals surface area contributed by atoms with E-state index in [-0.39, 0.29) is 82.1 Å². The minimum Gasteiger partial charge on any atom is -0.480 e. The second-order valence-corrected chi connectivity index (χ2v) is 32.4. The SMILES string of the molecule is CC[C@H](C)[C@H](NC(=O)[C@H](CCC(N)=O)NC(=O)[C@@H]1CCCN1C(=O)CCCCCCN(CCCCCCC(=O)N[C@@H](CO)C(=O)N[C@H](C(=O)N[C@@H](CC(C)C)C(=O)N[C@@H](CC(N)=O)C(=O)N[C@@H](Cc1ccccc1)C(=O)O)[C@@H](C)O)C(=O)OC(C)(C)C)C(=O)N[C@H](C(=O)N[C@@H](CC(C)C)C(=O)N[C@@H](Cc1c[nH]c2ccccc12)C(=O)O)[C@@H](C)O. The predicted molar refractivity (Wildman–Crippen MR) is 436 cm³/mol. The number of carboxylic acid groups (broad SMARTS) is 2. The van der Waals surface area contributed by atoms with Crippen LogP contribution in [0.25, 0.3) is 10.9 Å². The zero-order valence-corrected chi connectivity index (χ0v) is 70.2. The maximum absolute atomic E-state index is 14.3. The van der Waals surface area contributed by atoms with Crippen molar-refractivity contribution in [3.63, 3.8) is 0 Å². The number of nitrogens with one attached hydrogen (secondary N) is 11. The summed E-state index contributed by atoms with van der Waals surface area (Å²) in [6.07, 6.45) is 1.24. The molecule has 0 bridgehead atoms. The zero-order chi connectivity index (χ0) is 89.0. The molecule has 1 aromatic heterocycles. The Morgan fingerprint density at radius 2 is 1.00 bits per heavy atom. The van der Waals surface area contributed by atoms with Crippen molar-refractivity contribution >= 4 is 106 Å². The van der Waals surface area contributed by atoms with Crippen LogP contribution >= 0.6 is 0 Å². The Labute approximate surface area is 694 Å². The van der Waals surface area contributed by atoms with Crippen LogP contribution in [-0.2, 0) is 89.5 Å². The normalized spacial score (nSPS) is 16.0. The molecule has 0 spiro atoms. The van der Waals surface area contributed by atoms with E-state index in [1.165, 1.54) is 18.7 Å². The lowest BCUT2D eigenvalue weighted by atomic mass is 9.96. The number of primary amides is 2. The first-order valence-electron chi connectivity index (χ1n) is 40.9. The highest BCUT2D eigenvalue weighted by molar-refractivity contribution is 6.00. The van der Waals surface area contributed by atoms with Crippen LogP contribution < -0.4 is 64.6 Å². The highest BCUT2D eigenvalue weighted by Crippen LogP contribution is 2.24. The number of para-hydroxylation sites is 1. The summed E-state index contributed by atoms with van der Waals surface area (Å²) in [4.78, 5) is 220. The molecule has 0 aliphatic carbocycles. The minimum atomic E-state index is -1.76. The number of amides is 14. The van der Waals surface area contributed by atoms with Gasteiger partial charge in [-0.15, -0.1) is 0 Å². The summed E-state index contributed by atoms with van der Waals surface area (Å²) < 4.78 is 5.71. The number of benzene rings is 2. The monoisotopic (exact) mass is 1670 g/mol. The van der Waals surface area contributed by atoms with Gasteiger partial charge in [0, 0.05) is 68.8 Å². The van der Waals surface area contributed by atoms with Crippen molar-refractivity contribution in [2.24, 2.45) is 29.2 Å². The van der Waals surface area contributed by atoms with Gasteiger partial charge in [-0.25, -0.2) is 14.4 Å². The van der Waals surface area contributed by atoms with Gasteiger partial charge in [-0.05, 0) is 127 Å². The third kappa shape index (κ3) is 35.3. The van der Waals surface area contributed by atoms with Crippen molar-refractivity contribution in [1.29, 1.82) is 0 Å². The van der Waals surface area contributed by atoms with Gasteiger partial charge in [-0.1, -0.05) is 122 Å². The van der Waals surface area contributed by atoms with E-state index in [1.807, 2.05) is 12.1 Å². The third-order valence-electron chi connectivity index (χ3n) is 20.1. The van der Waals surface area contributed by atoms with Crippen LogP contribution in [0, 0.1) is 17.8 Å². The summed E-state index contributed by atoms with van der Waals surface area (Å²) in [6.45, 7) is 17.8. The number of rotatable bonds is 53. The maximum atomic E-state index is 14.3. The van der Waals surface area contributed by atoms with E-state index in [4.69, 9.17) is 16.2 Å². The van der Waals surface area contributed by atoms with E-state index in [9.17, 15) is 102 Å². The number of aromatic nitrogens is 1. The number of ether oxygens (including phenoxy) is 1. The van der Waals surface area contributed by atoms with Gasteiger partial charge < -0.3 is 110 Å². The fraction of sp³-hybridized carbons (Fsp3) is 0.634.